The molecule has 0 heterocycles. The summed E-state index contributed by atoms with van der Waals surface area (Å²) in [6.07, 6.45) is 3.51. The minimum Gasteiger partial charge on any atom is -0.214 e. The van der Waals surface area contributed by atoms with Crippen LogP contribution in [0.25, 0.3) is 12.2 Å². The monoisotopic (exact) mass is 338 g/mol. The zero-order chi connectivity index (χ0) is 16.8. The maximum atomic E-state index is 12.9. The van der Waals surface area contributed by atoms with Crippen molar-refractivity contribution in [3.8, 4) is 0 Å². The number of rotatable bonds is 1. The molecular formula is C17H13F3O2S. The Labute approximate surface area is 132 Å². The van der Waals surface area contributed by atoms with Crippen molar-refractivity contribution in [3.63, 3.8) is 0 Å². The lowest BCUT2D eigenvalue weighted by atomic mass is 9.98. The van der Waals surface area contributed by atoms with E-state index in [1.54, 1.807) is 12.1 Å². The molecule has 6 heteroatoms. The minimum atomic E-state index is -5.38. The van der Waals surface area contributed by atoms with E-state index in [1.807, 2.05) is 25.1 Å². The van der Waals surface area contributed by atoms with Gasteiger partial charge in [0.25, 0.3) is 9.84 Å². The molecule has 23 heavy (non-hydrogen) atoms. The summed E-state index contributed by atoms with van der Waals surface area (Å²) in [6, 6.07) is 9.77. The van der Waals surface area contributed by atoms with E-state index in [2.05, 4.69) is 0 Å². The van der Waals surface area contributed by atoms with Crippen LogP contribution in [-0.4, -0.2) is 13.9 Å². The second-order valence-electron chi connectivity index (χ2n) is 5.49. The maximum absolute atomic E-state index is 12.9. The highest BCUT2D eigenvalue weighted by molar-refractivity contribution is 7.92. The maximum Gasteiger partial charge on any atom is 0.501 e. The minimum absolute atomic E-state index is 0.110. The van der Waals surface area contributed by atoms with Gasteiger partial charge in [-0.3, -0.25) is 0 Å². The first kappa shape index (κ1) is 15.8. The zero-order valence-electron chi connectivity index (χ0n) is 12.2. The molecule has 0 unspecified atom stereocenters. The lowest BCUT2D eigenvalue weighted by Gasteiger charge is -2.13. The highest BCUT2D eigenvalue weighted by atomic mass is 32.2. The fourth-order valence-electron chi connectivity index (χ4n) is 2.72. The quantitative estimate of drug-likeness (QED) is 0.660. The molecule has 2 nitrogen and oxygen atoms in total. The molecule has 3 rings (SSSR count). The zero-order valence-corrected chi connectivity index (χ0v) is 13.0. The molecule has 0 bridgehead atoms. The molecule has 120 valence electrons. The molecule has 0 saturated carbocycles. The predicted octanol–water partition coefficient (Wildman–Crippen LogP) is 4.36. The molecule has 0 amide bonds. The second kappa shape index (κ2) is 5.23. The largest absolute Gasteiger partial charge is 0.501 e. The normalized spacial score (nSPS) is 14.1. The van der Waals surface area contributed by atoms with E-state index in [1.165, 1.54) is 12.1 Å². The summed E-state index contributed by atoms with van der Waals surface area (Å²) in [6.45, 7) is 1.93. The standard InChI is InChI=1S/C17H13F3O2S/c1-11-5-6-12-7-8-15-13(10-14(12)9-11)3-2-4-16(15)23(21,22)17(18,19)20/h2-9H,10H2,1H3. The summed E-state index contributed by atoms with van der Waals surface area (Å²) in [4.78, 5) is -0.691. The summed E-state index contributed by atoms with van der Waals surface area (Å²) >= 11 is 0. The van der Waals surface area contributed by atoms with Gasteiger partial charge in [-0.25, -0.2) is 8.42 Å². The fourth-order valence-corrected chi connectivity index (χ4v) is 3.72. The van der Waals surface area contributed by atoms with Crippen LogP contribution >= 0.6 is 0 Å². The fraction of sp³-hybridized carbons (Fsp3) is 0.176. The van der Waals surface area contributed by atoms with Gasteiger partial charge in [0.2, 0.25) is 0 Å². The summed E-state index contributed by atoms with van der Waals surface area (Å²) < 4.78 is 62.3. The van der Waals surface area contributed by atoms with E-state index < -0.39 is 20.2 Å². The van der Waals surface area contributed by atoms with E-state index >= 15 is 0 Å². The SMILES string of the molecule is Cc1ccc2c(c1)Cc1cccc(S(=O)(=O)C(F)(F)F)c1C=C2. The number of fused-ring (bicyclic) bond motifs is 2. The van der Waals surface area contributed by atoms with Gasteiger partial charge in [-0.05, 0) is 41.7 Å². The van der Waals surface area contributed by atoms with Crippen LogP contribution in [0.15, 0.2) is 41.3 Å². The third kappa shape index (κ3) is 2.67. The molecule has 2 aromatic carbocycles. The molecule has 0 N–H and O–H groups in total. The lowest BCUT2D eigenvalue weighted by Crippen LogP contribution is -2.24. The van der Waals surface area contributed by atoms with Crippen molar-refractivity contribution in [3.05, 3.63) is 64.2 Å². The molecule has 0 aliphatic heterocycles. The smallest absolute Gasteiger partial charge is 0.214 e. The third-order valence-corrected chi connectivity index (χ3v) is 5.40. The van der Waals surface area contributed by atoms with Gasteiger partial charge in [0.05, 0.1) is 4.90 Å². The van der Waals surface area contributed by atoms with Gasteiger partial charge in [-0.1, -0.05) is 48.0 Å². The molecule has 1 aliphatic carbocycles. The Morgan fingerprint density at radius 1 is 1.00 bits per heavy atom. The highest BCUT2D eigenvalue weighted by Crippen LogP contribution is 2.36. The number of aryl methyl sites for hydroxylation is 1. The molecular weight excluding hydrogens is 325 g/mol. The van der Waals surface area contributed by atoms with Gasteiger partial charge < -0.3 is 0 Å². The van der Waals surface area contributed by atoms with Gasteiger partial charge >= 0.3 is 5.51 Å². The Morgan fingerprint density at radius 2 is 1.74 bits per heavy atom. The number of hydrogen-bond donors (Lipinski definition) is 0. The first-order valence-electron chi connectivity index (χ1n) is 6.91. The molecule has 0 atom stereocenters. The van der Waals surface area contributed by atoms with Crippen LogP contribution in [0.1, 0.15) is 27.8 Å². The highest BCUT2D eigenvalue weighted by Gasteiger charge is 2.47. The van der Waals surface area contributed by atoms with E-state index in [0.717, 1.165) is 22.8 Å². The van der Waals surface area contributed by atoms with Crippen LogP contribution in [0, 0.1) is 6.92 Å². The van der Waals surface area contributed by atoms with Crippen molar-refractivity contribution in [1.82, 2.24) is 0 Å². The van der Waals surface area contributed by atoms with Gasteiger partial charge in [0.1, 0.15) is 0 Å². The first-order chi connectivity index (χ1) is 10.7. The van der Waals surface area contributed by atoms with Crippen molar-refractivity contribution in [2.24, 2.45) is 0 Å². The average Bonchev–Trinajstić information content (AvgIpc) is 2.63. The van der Waals surface area contributed by atoms with E-state index in [9.17, 15) is 21.6 Å². The molecule has 0 radical (unpaired) electrons. The summed E-state index contributed by atoms with van der Waals surface area (Å²) in [5.74, 6) is 0. The van der Waals surface area contributed by atoms with Crippen molar-refractivity contribution in [2.45, 2.75) is 23.7 Å². The van der Waals surface area contributed by atoms with Crippen molar-refractivity contribution < 1.29 is 21.6 Å². The Kier molecular flexibility index (Phi) is 3.59. The molecule has 0 fully saturated rings. The third-order valence-electron chi connectivity index (χ3n) is 3.86. The molecule has 0 aromatic heterocycles. The van der Waals surface area contributed by atoms with E-state index in [0.29, 0.717) is 12.0 Å². The molecule has 2 aromatic rings. The Hall–Kier alpha value is -2.08. The van der Waals surface area contributed by atoms with Crippen LogP contribution in [0.4, 0.5) is 13.2 Å². The lowest BCUT2D eigenvalue weighted by molar-refractivity contribution is -0.0436. The summed E-state index contributed by atoms with van der Waals surface area (Å²) in [5.41, 5.74) is -1.76. The van der Waals surface area contributed by atoms with Crippen LogP contribution in [-0.2, 0) is 16.3 Å². The van der Waals surface area contributed by atoms with Crippen LogP contribution < -0.4 is 0 Å². The summed E-state index contributed by atoms with van der Waals surface area (Å²) in [7, 11) is -5.38. The van der Waals surface area contributed by atoms with Gasteiger partial charge in [-0.2, -0.15) is 13.2 Å². The van der Waals surface area contributed by atoms with Crippen molar-refractivity contribution >= 4 is 22.0 Å². The number of sulfone groups is 1. The number of benzene rings is 2. The molecule has 0 spiro atoms. The Balaban J connectivity index is 2.22. The van der Waals surface area contributed by atoms with Gasteiger partial charge in [0, 0.05) is 0 Å². The van der Waals surface area contributed by atoms with Crippen LogP contribution in [0.5, 0.6) is 0 Å². The molecule has 1 aliphatic rings. The Bertz CT molecular complexity index is 910. The number of hydrogen-bond acceptors (Lipinski definition) is 2. The van der Waals surface area contributed by atoms with Crippen LogP contribution in [0.2, 0.25) is 0 Å². The first-order valence-corrected chi connectivity index (χ1v) is 8.39. The van der Waals surface area contributed by atoms with Crippen molar-refractivity contribution in [1.29, 1.82) is 0 Å². The molecule has 0 saturated heterocycles. The average molecular weight is 338 g/mol. The van der Waals surface area contributed by atoms with Gasteiger partial charge in [-0.15, -0.1) is 0 Å². The topological polar surface area (TPSA) is 34.1 Å². The van der Waals surface area contributed by atoms with E-state index in [-0.39, 0.29) is 5.56 Å². The number of halogens is 3. The van der Waals surface area contributed by atoms with E-state index in [4.69, 9.17) is 0 Å². The van der Waals surface area contributed by atoms with Crippen molar-refractivity contribution in [2.75, 3.05) is 0 Å². The van der Waals surface area contributed by atoms with Gasteiger partial charge in [0.15, 0.2) is 0 Å². The summed E-state index contributed by atoms with van der Waals surface area (Å²) in [5, 5.41) is 0. The predicted molar refractivity (Wildman–Crippen MR) is 82.6 cm³/mol. The Morgan fingerprint density at radius 3 is 2.43 bits per heavy atom. The number of alkyl halides is 3. The second-order valence-corrected chi connectivity index (χ2v) is 7.40. The van der Waals surface area contributed by atoms with Crippen LogP contribution in [0.3, 0.4) is 0 Å².